The largest absolute Gasteiger partial charge is 0.351 e. The minimum Gasteiger partial charge on any atom is -0.351 e. The van der Waals surface area contributed by atoms with Gasteiger partial charge in [0.1, 0.15) is 6.04 Å². The van der Waals surface area contributed by atoms with Gasteiger partial charge in [-0.25, -0.2) is 0 Å². The number of thiocarbonyl (C=S) groups is 1. The SMILES string of the molecule is CC(=O)Nc1ccc(N2C(=S)N[C@@H](c3ccccn3)[C@H]2c2cccn2-c2ccccc2C)cc1. The first kappa shape index (κ1) is 21.9. The minimum atomic E-state index is -0.138. The third-order valence-corrected chi connectivity index (χ3v) is 6.34. The van der Waals surface area contributed by atoms with Gasteiger partial charge < -0.3 is 20.1 Å². The fourth-order valence-electron chi connectivity index (χ4n) is 4.53. The zero-order chi connectivity index (χ0) is 23.7. The number of hydrogen-bond acceptors (Lipinski definition) is 3. The lowest BCUT2D eigenvalue weighted by atomic mass is 10.0. The Morgan fingerprint density at radius 1 is 1.00 bits per heavy atom. The van der Waals surface area contributed by atoms with Crippen LogP contribution in [0.3, 0.4) is 0 Å². The van der Waals surface area contributed by atoms with Gasteiger partial charge in [0.15, 0.2) is 5.11 Å². The van der Waals surface area contributed by atoms with E-state index in [9.17, 15) is 4.79 Å². The van der Waals surface area contributed by atoms with E-state index in [4.69, 9.17) is 12.2 Å². The second-order valence-corrected chi connectivity index (χ2v) is 8.70. The summed E-state index contributed by atoms with van der Waals surface area (Å²) in [7, 11) is 0. The summed E-state index contributed by atoms with van der Waals surface area (Å²) in [5.74, 6) is -0.102. The number of nitrogens with zero attached hydrogens (tertiary/aromatic N) is 3. The molecule has 1 fully saturated rings. The van der Waals surface area contributed by atoms with Crippen LogP contribution in [0.1, 0.15) is 36.0 Å². The van der Waals surface area contributed by atoms with Crippen LogP contribution in [0.25, 0.3) is 5.69 Å². The van der Waals surface area contributed by atoms with Crippen LogP contribution in [0, 0.1) is 6.92 Å². The van der Waals surface area contributed by atoms with Gasteiger partial charge in [-0.15, -0.1) is 0 Å². The molecule has 0 saturated carbocycles. The van der Waals surface area contributed by atoms with E-state index >= 15 is 0 Å². The van der Waals surface area contributed by atoms with Crippen LogP contribution >= 0.6 is 12.2 Å². The molecule has 2 N–H and O–H groups in total. The number of pyridine rings is 1. The van der Waals surface area contributed by atoms with E-state index in [2.05, 4.69) is 68.5 Å². The van der Waals surface area contributed by atoms with Crippen LogP contribution < -0.4 is 15.5 Å². The van der Waals surface area contributed by atoms with Gasteiger partial charge in [0.25, 0.3) is 0 Å². The third-order valence-electron chi connectivity index (χ3n) is 6.02. The molecule has 2 aromatic heterocycles. The molecule has 0 aliphatic carbocycles. The highest BCUT2D eigenvalue weighted by atomic mass is 32.1. The Bertz CT molecular complexity index is 1330. The van der Waals surface area contributed by atoms with Gasteiger partial charge in [-0.2, -0.15) is 0 Å². The lowest BCUT2D eigenvalue weighted by Gasteiger charge is -2.29. The molecule has 0 spiro atoms. The van der Waals surface area contributed by atoms with Crippen LogP contribution in [0.15, 0.2) is 91.3 Å². The van der Waals surface area contributed by atoms with Crippen LogP contribution in [0.5, 0.6) is 0 Å². The molecule has 170 valence electrons. The van der Waals surface area contributed by atoms with Gasteiger partial charge in [-0.1, -0.05) is 24.3 Å². The predicted molar refractivity (Wildman–Crippen MR) is 139 cm³/mol. The number of carbonyl (C=O) groups is 1. The molecule has 0 unspecified atom stereocenters. The molecule has 3 heterocycles. The van der Waals surface area contributed by atoms with Gasteiger partial charge >= 0.3 is 0 Å². The fraction of sp³-hybridized carbons (Fsp3) is 0.148. The highest BCUT2D eigenvalue weighted by Gasteiger charge is 2.42. The van der Waals surface area contributed by atoms with E-state index in [1.54, 1.807) is 0 Å². The van der Waals surface area contributed by atoms with Crippen LogP contribution in [-0.4, -0.2) is 20.6 Å². The van der Waals surface area contributed by atoms with E-state index in [1.807, 2.05) is 54.7 Å². The van der Waals surface area contributed by atoms with Crippen LogP contribution in [-0.2, 0) is 4.79 Å². The summed E-state index contributed by atoms with van der Waals surface area (Å²) in [5.41, 5.74) is 6.02. The van der Waals surface area contributed by atoms with E-state index in [0.29, 0.717) is 5.11 Å². The molecule has 0 bridgehead atoms. The first-order chi connectivity index (χ1) is 16.5. The maximum Gasteiger partial charge on any atom is 0.221 e. The molecule has 6 nitrogen and oxygen atoms in total. The fourth-order valence-corrected chi connectivity index (χ4v) is 4.88. The molecule has 5 rings (SSSR count). The maximum absolute atomic E-state index is 11.5. The van der Waals surface area contributed by atoms with E-state index in [-0.39, 0.29) is 18.0 Å². The van der Waals surface area contributed by atoms with Crippen molar-refractivity contribution in [2.45, 2.75) is 25.9 Å². The van der Waals surface area contributed by atoms with Crippen molar-refractivity contribution in [3.05, 3.63) is 108 Å². The Morgan fingerprint density at radius 2 is 1.76 bits per heavy atom. The van der Waals surface area contributed by atoms with Crippen molar-refractivity contribution in [1.82, 2.24) is 14.9 Å². The van der Waals surface area contributed by atoms with Crippen molar-refractivity contribution >= 4 is 34.6 Å². The second kappa shape index (κ2) is 9.11. The van der Waals surface area contributed by atoms with Gasteiger partial charge in [-0.3, -0.25) is 9.78 Å². The monoisotopic (exact) mass is 467 g/mol. The van der Waals surface area contributed by atoms with Gasteiger partial charge in [0, 0.05) is 42.1 Å². The number of para-hydroxylation sites is 1. The summed E-state index contributed by atoms with van der Waals surface area (Å²) < 4.78 is 2.23. The van der Waals surface area contributed by atoms with Gasteiger partial charge in [0.05, 0.1) is 11.7 Å². The molecular formula is C27H25N5OS. The minimum absolute atomic E-state index is 0.102. The summed E-state index contributed by atoms with van der Waals surface area (Å²) in [5, 5.41) is 6.96. The number of aromatic nitrogens is 2. The van der Waals surface area contributed by atoms with Crippen molar-refractivity contribution in [1.29, 1.82) is 0 Å². The number of carbonyl (C=O) groups excluding carboxylic acids is 1. The molecule has 7 heteroatoms. The number of benzene rings is 2. The molecule has 2 atom stereocenters. The number of rotatable bonds is 5. The number of nitrogens with one attached hydrogen (secondary N) is 2. The lowest BCUT2D eigenvalue weighted by molar-refractivity contribution is -0.114. The Labute approximate surface area is 204 Å². The topological polar surface area (TPSA) is 62.2 Å². The van der Waals surface area contributed by atoms with Crippen LogP contribution in [0.4, 0.5) is 11.4 Å². The quantitative estimate of drug-likeness (QED) is 0.389. The van der Waals surface area contributed by atoms with Crippen molar-refractivity contribution in [2.24, 2.45) is 0 Å². The lowest BCUT2D eigenvalue weighted by Crippen LogP contribution is -2.30. The maximum atomic E-state index is 11.5. The summed E-state index contributed by atoms with van der Waals surface area (Å²) >= 11 is 5.85. The average Bonchev–Trinajstić information content (AvgIpc) is 3.44. The van der Waals surface area contributed by atoms with Crippen LogP contribution in [0.2, 0.25) is 0 Å². The number of anilines is 2. The highest BCUT2D eigenvalue weighted by Crippen LogP contribution is 2.42. The summed E-state index contributed by atoms with van der Waals surface area (Å²) in [6.07, 6.45) is 3.90. The third kappa shape index (κ3) is 4.06. The van der Waals surface area contributed by atoms with E-state index in [0.717, 1.165) is 28.5 Å². The molecule has 1 aliphatic rings. The van der Waals surface area contributed by atoms with Crippen molar-refractivity contribution in [3.63, 3.8) is 0 Å². The summed E-state index contributed by atoms with van der Waals surface area (Å²) in [6, 6.07) is 26.0. The molecular weight excluding hydrogens is 442 g/mol. The zero-order valence-corrected chi connectivity index (χ0v) is 19.8. The van der Waals surface area contributed by atoms with Crippen molar-refractivity contribution < 1.29 is 4.79 Å². The number of amides is 1. The first-order valence-corrected chi connectivity index (χ1v) is 11.6. The smallest absolute Gasteiger partial charge is 0.221 e. The first-order valence-electron chi connectivity index (χ1n) is 11.1. The Kier molecular flexibility index (Phi) is 5.86. The summed E-state index contributed by atoms with van der Waals surface area (Å²) in [6.45, 7) is 3.62. The second-order valence-electron chi connectivity index (χ2n) is 8.31. The Balaban J connectivity index is 1.63. The Morgan fingerprint density at radius 3 is 2.47 bits per heavy atom. The van der Waals surface area contributed by atoms with Gasteiger partial charge in [0.2, 0.25) is 5.91 Å². The van der Waals surface area contributed by atoms with Gasteiger partial charge in [-0.05, 0) is 79.3 Å². The Hall–Kier alpha value is -3.97. The average molecular weight is 468 g/mol. The highest BCUT2D eigenvalue weighted by molar-refractivity contribution is 7.80. The molecule has 34 heavy (non-hydrogen) atoms. The molecule has 4 aromatic rings. The van der Waals surface area contributed by atoms with E-state index in [1.165, 1.54) is 12.5 Å². The molecule has 1 saturated heterocycles. The van der Waals surface area contributed by atoms with Crippen molar-refractivity contribution in [3.8, 4) is 5.69 Å². The number of hydrogen-bond donors (Lipinski definition) is 2. The molecule has 2 aromatic carbocycles. The molecule has 1 amide bonds. The molecule has 0 radical (unpaired) electrons. The standard InChI is InChI=1S/C27H25N5OS/c1-18-8-3-4-10-23(18)31-17-7-11-24(31)26-25(22-9-5-6-16-28-22)30-27(34)32(26)21-14-12-20(13-15-21)29-19(2)33/h3-17,25-26H,1-2H3,(H,29,33)(H,30,34)/t25-,26+/m0/s1. The summed E-state index contributed by atoms with van der Waals surface area (Å²) in [4.78, 5) is 18.2. The molecule has 1 aliphatic heterocycles. The normalized spacial score (nSPS) is 17.5. The predicted octanol–water partition coefficient (Wildman–Crippen LogP) is 5.32. The van der Waals surface area contributed by atoms with Crippen molar-refractivity contribution in [2.75, 3.05) is 10.2 Å². The zero-order valence-electron chi connectivity index (χ0n) is 19.0. The van der Waals surface area contributed by atoms with E-state index < -0.39 is 0 Å². The number of aryl methyl sites for hydroxylation is 1.